The number of ether oxygens (including phenoxy) is 3. The van der Waals surface area contributed by atoms with Crippen molar-refractivity contribution < 1.29 is 28.6 Å². The number of methoxy groups -OCH3 is 3. The molecule has 1 aliphatic rings. The Hall–Kier alpha value is -4.30. The predicted octanol–water partition coefficient (Wildman–Crippen LogP) is 3.78. The average molecular weight is 670 g/mol. The van der Waals surface area contributed by atoms with Gasteiger partial charge in [0.05, 0.1) is 45.2 Å². The maximum atomic E-state index is 13.8. The van der Waals surface area contributed by atoms with Gasteiger partial charge in [-0.05, 0) is 66.2 Å². The van der Waals surface area contributed by atoms with E-state index in [4.69, 9.17) is 14.2 Å². The molecule has 3 amide bonds. The summed E-state index contributed by atoms with van der Waals surface area (Å²) in [6, 6.07) is 5.65. The number of anilines is 2. The van der Waals surface area contributed by atoms with Crippen molar-refractivity contribution >= 4 is 51.6 Å². The van der Waals surface area contributed by atoms with Crippen LogP contribution in [0.2, 0.25) is 0 Å². The molecule has 0 radical (unpaired) electrons. The fraction of sp³-hybridized carbons (Fsp3) is 0.406. The van der Waals surface area contributed by atoms with E-state index in [0.717, 1.165) is 11.1 Å². The molecule has 14 heteroatoms. The van der Waals surface area contributed by atoms with Crippen molar-refractivity contribution in [3.8, 4) is 28.4 Å². The van der Waals surface area contributed by atoms with Gasteiger partial charge in [0, 0.05) is 24.9 Å². The first kappa shape index (κ1) is 34.6. The lowest BCUT2D eigenvalue weighted by molar-refractivity contribution is -0.120. The maximum Gasteiger partial charge on any atom is 0.248 e. The third-order valence-electron chi connectivity index (χ3n) is 7.58. The molecule has 3 aromatic rings. The highest BCUT2D eigenvalue weighted by atomic mass is 32.2. The molecule has 246 valence electrons. The van der Waals surface area contributed by atoms with Crippen molar-refractivity contribution in [3.05, 3.63) is 56.7 Å². The second-order valence-electron chi connectivity index (χ2n) is 10.6. The van der Waals surface area contributed by atoms with Crippen LogP contribution in [-0.2, 0) is 27.2 Å². The number of aromatic nitrogens is 1. The molecule has 0 aliphatic heterocycles. The van der Waals surface area contributed by atoms with E-state index in [1.807, 2.05) is 18.4 Å². The summed E-state index contributed by atoms with van der Waals surface area (Å²) in [5.74, 6) is 1.26. The van der Waals surface area contributed by atoms with Gasteiger partial charge in [-0.1, -0.05) is 6.07 Å². The molecule has 4 N–H and O–H groups in total. The molecule has 46 heavy (non-hydrogen) atoms. The number of hydrogen-bond acceptors (Lipinski definition) is 11. The van der Waals surface area contributed by atoms with Crippen LogP contribution in [0.5, 0.6) is 17.2 Å². The lowest BCUT2D eigenvalue weighted by Crippen LogP contribution is -2.36. The first-order valence-electron chi connectivity index (χ1n) is 14.6. The topological polar surface area (TPSA) is 157 Å². The number of aryl methyl sites for hydroxylation is 1. The lowest BCUT2D eigenvalue weighted by atomic mass is 9.95. The van der Waals surface area contributed by atoms with E-state index in [2.05, 4.69) is 26.3 Å². The fourth-order valence-electron chi connectivity index (χ4n) is 5.41. The summed E-state index contributed by atoms with van der Waals surface area (Å²) >= 11 is 2.80. The number of carbonyl (C=O) groups is 3. The number of thioether (sulfide) groups is 1. The van der Waals surface area contributed by atoms with E-state index in [0.29, 0.717) is 64.2 Å². The van der Waals surface area contributed by atoms with Gasteiger partial charge >= 0.3 is 0 Å². The Morgan fingerprint density at radius 2 is 1.87 bits per heavy atom. The Kier molecular flexibility index (Phi) is 11.9. The number of likely N-dealkylation sites (N-methyl/N-ethyl adjacent to an activating group) is 1. The molecule has 0 bridgehead atoms. The number of nitrogens with one attached hydrogen (secondary N) is 4. The molecule has 1 aromatic heterocycles. The molecule has 0 unspecified atom stereocenters. The van der Waals surface area contributed by atoms with Crippen molar-refractivity contribution in [1.82, 2.24) is 15.6 Å². The molecule has 12 nitrogen and oxygen atoms in total. The van der Waals surface area contributed by atoms with E-state index >= 15 is 0 Å². The molecular weight excluding hydrogens is 631 g/mol. The fourth-order valence-corrected chi connectivity index (χ4v) is 6.59. The van der Waals surface area contributed by atoms with Gasteiger partial charge in [0.15, 0.2) is 16.6 Å². The Morgan fingerprint density at radius 1 is 1.11 bits per heavy atom. The standard InChI is InChI=1S/C32H39N5O7S2/c1-17(38)34-22-9-7-18-13-26(42-3)29(43-4)30(44-5)28(18)20-8-10-23(25(39)15-21(20)22)36-24(11-12-45-6)31(41)37-32-35-19(16-46-32)14-27(40)33-2/h8,10,13,15-16,22,24H,7,9,11-12,14H2,1-6H3,(H,33,40)(H,34,38)(H,36,39)(H,35,37,41)/t22-,24-/m0/s1. The molecule has 1 heterocycles. The predicted molar refractivity (Wildman–Crippen MR) is 182 cm³/mol. The molecule has 0 saturated carbocycles. The van der Waals surface area contributed by atoms with Gasteiger partial charge < -0.3 is 35.5 Å². The van der Waals surface area contributed by atoms with Gasteiger partial charge in [0.1, 0.15) is 6.04 Å². The average Bonchev–Trinajstić information content (AvgIpc) is 3.34. The summed E-state index contributed by atoms with van der Waals surface area (Å²) < 4.78 is 17.1. The zero-order valence-corrected chi connectivity index (χ0v) is 28.3. The molecule has 1 aliphatic carbocycles. The van der Waals surface area contributed by atoms with Crippen LogP contribution in [0.25, 0.3) is 11.1 Å². The molecule has 0 spiro atoms. The van der Waals surface area contributed by atoms with Crippen LogP contribution >= 0.6 is 23.1 Å². The van der Waals surface area contributed by atoms with Crippen LogP contribution in [0.1, 0.15) is 42.6 Å². The molecule has 0 fully saturated rings. The second kappa shape index (κ2) is 15.8. The minimum atomic E-state index is -0.758. The first-order chi connectivity index (χ1) is 22.1. The van der Waals surface area contributed by atoms with Crippen molar-refractivity contribution in [3.63, 3.8) is 0 Å². The lowest BCUT2D eigenvalue weighted by Gasteiger charge is -2.19. The van der Waals surface area contributed by atoms with Crippen molar-refractivity contribution in [2.75, 3.05) is 51.0 Å². The molecule has 4 rings (SSSR count). The second-order valence-corrected chi connectivity index (χ2v) is 12.4. The minimum absolute atomic E-state index is 0.105. The first-order valence-corrected chi connectivity index (χ1v) is 16.9. The van der Waals surface area contributed by atoms with Gasteiger partial charge in [0.25, 0.3) is 0 Å². The highest BCUT2D eigenvalue weighted by Crippen LogP contribution is 2.50. The SMILES string of the molecule is CNC(=O)Cc1csc(NC(=O)[C@H](CCSC)Nc2ccc3c(cc2=O)[C@@H](NC(C)=O)CCc2cc(OC)c(OC)c(OC)c2-3)n1. The van der Waals surface area contributed by atoms with Gasteiger partial charge in [-0.3, -0.25) is 19.2 Å². The summed E-state index contributed by atoms with van der Waals surface area (Å²) in [5, 5.41) is 13.6. The molecule has 2 aromatic carbocycles. The number of carbonyl (C=O) groups excluding carboxylic acids is 3. The van der Waals surface area contributed by atoms with E-state index in [-0.39, 0.29) is 35.3 Å². The van der Waals surface area contributed by atoms with Gasteiger partial charge in [0.2, 0.25) is 28.9 Å². The Balaban J connectivity index is 1.77. The monoisotopic (exact) mass is 669 g/mol. The third kappa shape index (κ3) is 7.91. The smallest absolute Gasteiger partial charge is 0.248 e. The Bertz CT molecular complexity index is 1660. The summed E-state index contributed by atoms with van der Waals surface area (Å²) in [5.41, 5.74) is 3.37. The third-order valence-corrected chi connectivity index (χ3v) is 9.03. The van der Waals surface area contributed by atoms with Crippen LogP contribution in [0.4, 0.5) is 10.8 Å². The van der Waals surface area contributed by atoms with Gasteiger partial charge in [-0.15, -0.1) is 11.3 Å². The zero-order chi connectivity index (χ0) is 33.4. The zero-order valence-electron chi connectivity index (χ0n) is 26.7. The summed E-state index contributed by atoms with van der Waals surface area (Å²) in [4.78, 5) is 55.6. The Labute approximate surface area is 276 Å². The number of nitrogens with zero attached hydrogens (tertiary/aromatic N) is 1. The number of hydrogen-bond donors (Lipinski definition) is 4. The van der Waals surface area contributed by atoms with Gasteiger partial charge in [-0.25, -0.2) is 4.98 Å². The van der Waals surface area contributed by atoms with Gasteiger partial charge in [-0.2, -0.15) is 11.8 Å². The maximum absolute atomic E-state index is 13.8. The largest absolute Gasteiger partial charge is 0.493 e. The summed E-state index contributed by atoms with van der Waals surface area (Å²) in [6.45, 7) is 1.44. The van der Waals surface area contributed by atoms with Crippen LogP contribution in [-0.4, -0.2) is 69.1 Å². The highest BCUT2D eigenvalue weighted by molar-refractivity contribution is 7.98. The van der Waals surface area contributed by atoms with Crippen LogP contribution < -0.4 is 40.9 Å². The van der Waals surface area contributed by atoms with Crippen molar-refractivity contribution in [1.29, 1.82) is 0 Å². The summed E-state index contributed by atoms with van der Waals surface area (Å²) in [6.07, 6.45) is 3.58. The van der Waals surface area contributed by atoms with Crippen LogP contribution in [0, 0.1) is 0 Å². The number of rotatable bonds is 13. The van der Waals surface area contributed by atoms with E-state index < -0.39 is 12.1 Å². The quantitative estimate of drug-likeness (QED) is 0.211. The molecule has 2 atom stereocenters. The van der Waals surface area contributed by atoms with E-state index in [1.165, 1.54) is 31.4 Å². The van der Waals surface area contributed by atoms with Crippen molar-refractivity contribution in [2.24, 2.45) is 0 Å². The number of thiazole rings is 1. The normalized spacial score (nSPS) is 14.1. The minimum Gasteiger partial charge on any atom is -0.493 e. The highest BCUT2D eigenvalue weighted by Gasteiger charge is 2.30. The molecule has 0 saturated heterocycles. The van der Waals surface area contributed by atoms with Crippen LogP contribution in [0.3, 0.4) is 0 Å². The van der Waals surface area contributed by atoms with Crippen LogP contribution in [0.15, 0.2) is 34.4 Å². The van der Waals surface area contributed by atoms with E-state index in [1.54, 1.807) is 44.5 Å². The number of benzene rings is 1. The Morgan fingerprint density at radius 3 is 2.52 bits per heavy atom. The van der Waals surface area contributed by atoms with E-state index in [9.17, 15) is 19.2 Å². The molecular formula is C32H39N5O7S2. The summed E-state index contributed by atoms with van der Waals surface area (Å²) in [7, 11) is 6.18. The number of fused-ring (bicyclic) bond motifs is 3. The number of amides is 3. The van der Waals surface area contributed by atoms with Crippen molar-refractivity contribution in [2.45, 2.75) is 44.7 Å².